The van der Waals surface area contributed by atoms with E-state index in [1.165, 1.54) is 5.56 Å². The Labute approximate surface area is 106 Å². The van der Waals surface area contributed by atoms with E-state index in [9.17, 15) is 0 Å². The molecule has 1 unspecified atom stereocenters. The number of aromatic nitrogens is 3. The van der Waals surface area contributed by atoms with Crippen LogP contribution in [0.25, 0.3) is 11.2 Å². The van der Waals surface area contributed by atoms with Gasteiger partial charge in [-0.1, -0.05) is 37.3 Å². The van der Waals surface area contributed by atoms with E-state index in [0.717, 1.165) is 22.6 Å². The van der Waals surface area contributed by atoms with Gasteiger partial charge in [0.05, 0.1) is 5.52 Å². The van der Waals surface area contributed by atoms with Crippen LogP contribution in [0.1, 0.15) is 29.8 Å². The van der Waals surface area contributed by atoms with Crippen molar-refractivity contribution in [2.24, 2.45) is 0 Å². The molecule has 0 saturated carbocycles. The molecule has 90 valence electrons. The highest BCUT2D eigenvalue weighted by atomic mass is 15.0. The van der Waals surface area contributed by atoms with Crippen LogP contribution in [0.15, 0.2) is 42.6 Å². The molecule has 0 aliphatic carbocycles. The Bertz CT molecular complexity index is 671. The molecule has 0 aliphatic rings. The molecule has 18 heavy (non-hydrogen) atoms. The lowest BCUT2D eigenvalue weighted by Gasteiger charge is -2.07. The molecule has 0 radical (unpaired) electrons. The average molecular weight is 237 g/mol. The minimum absolute atomic E-state index is 0.251. The zero-order valence-corrected chi connectivity index (χ0v) is 10.5. The monoisotopic (exact) mass is 237 g/mol. The summed E-state index contributed by atoms with van der Waals surface area (Å²) in [6.07, 6.45) is 1.85. The zero-order valence-electron chi connectivity index (χ0n) is 10.5. The van der Waals surface area contributed by atoms with Crippen LogP contribution < -0.4 is 0 Å². The van der Waals surface area contributed by atoms with Crippen molar-refractivity contribution in [1.29, 1.82) is 0 Å². The summed E-state index contributed by atoms with van der Waals surface area (Å²) >= 11 is 0. The van der Waals surface area contributed by atoms with Gasteiger partial charge in [-0.15, -0.1) is 0 Å². The van der Waals surface area contributed by atoms with Gasteiger partial charge in [-0.2, -0.15) is 0 Å². The van der Waals surface area contributed by atoms with E-state index < -0.39 is 0 Å². The highest BCUT2D eigenvalue weighted by Crippen LogP contribution is 2.23. The Morgan fingerprint density at radius 3 is 2.72 bits per heavy atom. The quantitative estimate of drug-likeness (QED) is 0.742. The molecule has 2 aromatic heterocycles. The van der Waals surface area contributed by atoms with Crippen LogP contribution in [0.3, 0.4) is 0 Å². The highest BCUT2D eigenvalue weighted by Gasteiger charge is 2.13. The predicted octanol–water partition coefficient (Wildman–Crippen LogP) is 3.42. The Morgan fingerprint density at radius 2 is 1.94 bits per heavy atom. The Balaban J connectivity index is 2.04. The molecule has 0 saturated heterocycles. The zero-order chi connectivity index (χ0) is 12.5. The Kier molecular flexibility index (Phi) is 2.59. The molecule has 0 fully saturated rings. The summed E-state index contributed by atoms with van der Waals surface area (Å²) in [6.45, 7) is 4.19. The second kappa shape index (κ2) is 4.26. The first-order chi connectivity index (χ1) is 8.74. The number of pyridine rings is 1. The van der Waals surface area contributed by atoms with E-state index in [0.29, 0.717) is 0 Å². The molecular weight excluding hydrogens is 222 g/mol. The maximum absolute atomic E-state index is 4.56. The van der Waals surface area contributed by atoms with E-state index in [2.05, 4.69) is 52.2 Å². The summed E-state index contributed by atoms with van der Waals surface area (Å²) in [7, 11) is 0. The van der Waals surface area contributed by atoms with Crippen molar-refractivity contribution >= 4 is 11.2 Å². The van der Waals surface area contributed by atoms with Crippen LogP contribution in [-0.4, -0.2) is 15.0 Å². The van der Waals surface area contributed by atoms with Crippen LogP contribution in [-0.2, 0) is 0 Å². The van der Waals surface area contributed by atoms with E-state index >= 15 is 0 Å². The fraction of sp³-hybridized carbons (Fsp3) is 0.200. The number of hydrogen-bond acceptors (Lipinski definition) is 2. The van der Waals surface area contributed by atoms with Gasteiger partial charge in [-0.05, 0) is 24.1 Å². The van der Waals surface area contributed by atoms with Crippen LogP contribution >= 0.6 is 0 Å². The maximum Gasteiger partial charge on any atom is 0.177 e. The van der Waals surface area contributed by atoms with Crippen molar-refractivity contribution in [1.82, 2.24) is 15.0 Å². The lowest BCUT2D eigenvalue weighted by atomic mass is 10.0. The molecule has 1 atom stereocenters. The largest absolute Gasteiger partial charge is 0.340 e. The van der Waals surface area contributed by atoms with Gasteiger partial charge < -0.3 is 4.98 Å². The number of aromatic amines is 1. The minimum atomic E-state index is 0.251. The number of nitrogens with zero attached hydrogens (tertiary/aromatic N) is 2. The van der Waals surface area contributed by atoms with Crippen LogP contribution in [0.2, 0.25) is 0 Å². The fourth-order valence-electron chi connectivity index (χ4n) is 2.13. The summed E-state index contributed by atoms with van der Waals surface area (Å²) < 4.78 is 0. The van der Waals surface area contributed by atoms with Gasteiger partial charge in [0, 0.05) is 12.1 Å². The molecule has 0 aliphatic heterocycles. The molecule has 3 nitrogen and oxygen atoms in total. The second-order valence-electron chi connectivity index (χ2n) is 4.64. The van der Waals surface area contributed by atoms with Crippen molar-refractivity contribution in [2.75, 3.05) is 0 Å². The summed E-state index contributed by atoms with van der Waals surface area (Å²) in [5.41, 5.74) is 4.20. The number of benzene rings is 1. The third-order valence-corrected chi connectivity index (χ3v) is 3.20. The molecule has 0 bridgehead atoms. The van der Waals surface area contributed by atoms with Gasteiger partial charge in [-0.3, -0.25) is 0 Å². The number of hydrogen-bond donors (Lipinski definition) is 1. The maximum atomic E-state index is 4.56. The number of fused-ring (bicyclic) bond motifs is 1. The first-order valence-corrected chi connectivity index (χ1v) is 6.11. The van der Waals surface area contributed by atoms with Crippen molar-refractivity contribution in [3.8, 4) is 0 Å². The highest BCUT2D eigenvalue weighted by molar-refractivity contribution is 5.71. The number of aryl methyl sites for hydroxylation is 1. The molecule has 2 heterocycles. The first kappa shape index (κ1) is 11.0. The van der Waals surface area contributed by atoms with E-state index in [4.69, 9.17) is 0 Å². The van der Waals surface area contributed by atoms with Gasteiger partial charge >= 0.3 is 0 Å². The lowest BCUT2D eigenvalue weighted by Crippen LogP contribution is -1.97. The second-order valence-corrected chi connectivity index (χ2v) is 4.64. The fourth-order valence-corrected chi connectivity index (χ4v) is 2.13. The molecule has 3 heteroatoms. The van der Waals surface area contributed by atoms with Gasteiger partial charge in [0.25, 0.3) is 0 Å². The standard InChI is InChI=1S/C15H15N3/c1-10-8-13-15(16-9-10)18-14(17-13)11(2)12-6-4-3-5-7-12/h3-9,11H,1-2H3,(H,16,17,18). The predicted molar refractivity (Wildman–Crippen MR) is 72.6 cm³/mol. The first-order valence-electron chi connectivity index (χ1n) is 6.11. The number of nitrogens with one attached hydrogen (secondary N) is 1. The number of imidazole rings is 1. The molecule has 1 aromatic carbocycles. The van der Waals surface area contributed by atoms with Gasteiger partial charge in [0.1, 0.15) is 5.82 Å². The lowest BCUT2D eigenvalue weighted by molar-refractivity contribution is 0.844. The normalized spacial score (nSPS) is 12.8. The van der Waals surface area contributed by atoms with Crippen LogP contribution in [0, 0.1) is 6.92 Å². The summed E-state index contributed by atoms with van der Waals surface area (Å²) in [5, 5.41) is 0. The van der Waals surface area contributed by atoms with E-state index in [1.54, 1.807) is 0 Å². The summed E-state index contributed by atoms with van der Waals surface area (Å²) in [5.74, 6) is 1.22. The van der Waals surface area contributed by atoms with Gasteiger partial charge in [0.15, 0.2) is 5.65 Å². The van der Waals surface area contributed by atoms with Crippen molar-refractivity contribution in [3.05, 3.63) is 59.5 Å². The Morgan fingerprint density at radius 1 is 1.17 bits per heavy atom. The molecule has 0 spiro atoms. The molecule has 3 rings (SSSR count). The number of H-pyrrole nitrogens is 1. The number of rotatable bonds is 2. The molecule has 3 aromatic rings. The van der Waals surface area contributed by atoms with Crippen LogP contribution in [0.4, 0.5) is 0 Å². The minimum Gasteiger partial charge on any atom is -0.340 e. The molecular formula is C15H15N3. The van der Waals surface area contributed by atoms with Crippen molar-refractivity contribution in [3.63, 3.8) is 0 Å². The van der Waals surface area contributed by atoms with Crippen LogP contribution in [0.5, 0.6) is 0 Å². The van der Waals surface area contributed by atoms with E-state index in [1.807, 2.05) is 19.2 Å². The van der Waals surface area contributed by atoms with Gasteiger partial charge in [0.2, 0.25) is 0 Å². The SMILES string of the molecule is Cc1cnc2nc(C(C)c3ccccc3)[nH]c2c1. The summed E-state index contributed by atoms with van der Waals surface area (Å²) in [4.78, 5) is 12.3. The van der Waals surface area contributed by atoms with Crippen molar-refractivity contribution < 1.29 is 0 Å². The molecule has 1 N–H and O–H groups in total. The third kappa shape index (κ3) is 1.88. The smallest absolute Gasteiger partial charge is 0.177 e. The summed E-state index contributed by atoms with van der Waals surface area (Å²) in [6, 6.07) is 12.5. The van der Waals surface area contributed by atoms with Gasteiger partial charge in [-0.25, -0.2) is 9.97 Å². The third-order valence-electron chi connectivity index (χ3n) is 3.20. The van der Waals surface area contributed by atoms with Crippen molar-refractivity contribution in [2.45, 2.75) is 19.8 Å². The average Bonchev–Trinajstić information content (AvgIpc) is 2.81. The van der Waals surface area contributed by atoms with E-state index in [-0.39, 0.29) is 5.92 Å². The Hall–Kier alpha value is -2.16. The molecule has 0 amide bonds. The topological polar surface area (TPSA) is 41.6 Å².